The summed E-state index contributed by atoms with van der Waals surface area (Å²) < 4.78 is 13.2. The lowest BCUT2D eigenvalue weighted by atomic mass is 10.2. The third-order valence-corrected chi connectivity index (χ3v) is 4.90. The van der Waals surface area contributed by atoms with Crippen LogP contribution < -0.4 is 14.8 Å². The molecule has 0 spiro atoms. The molecule has 1 saturated carbocycles. The fourth-order valence-electron chi connectivity index (χ4n) is 3.01. The fourth-order valence-corrected chi connectivity index (χ4v) is 3.28. The molecule has 1 N–H and O–H groups in total. The first kappa shape index (κ1) is 19.5. The second-order valence-electron chi connectivity index (χ2n) is 6.76. The smallest absolute Gasteiger partial charge is 0.257 e. The predicted octanol–water partition coefficient (Wildman–Crippen LogP) is 4.95. The maximum Gasteiger partial charge on any atom is 0.257 e. The van der Waals surface area contributed by atoms with Crippen molar-refractivity contribution in [1.29, 1.82) is 0 Å². The maximum absolute atomic E-state index is 12.8. The first-order valence-corrected chi connectivity index (χ1v) is 9.86. The number of ether oxygens (including phenoxy) is 2. The number of anilines is 1. The Morgan fingerprint density at radius 2 is 2.15 bits per heavy atom. The van der Waals surface area contributed by atoms with E-state index >= 15 is 0 Å². The molecule has 1 aromatic carbocycles. The zero-order chi connectivity index (χ0) is 19.4. The summed E-state index contributed by atoms with van der Waals surface area (Å²) in [6, 6.07) is 5.35. The van der Waals surface area contributed by atoms with E-state index in [9.17, 15) is 4.79 Å². The molecule has 1 aromatic heterocycles. The molecule has 1 atom stereocenters. The van der Waals surface area contributed by atoms with Crippen molar-refractivity contribution < 1.29 is 14.3 Å². The van der Waals surface area contributed by atoms with E-state index in [1.165, 1.54) is 12.8 Å². The topological polar surface area (TPSA) is 65.4 Å². The Kier molecular flexibility index (Phi) is 6.26. The number of carbonyl (C=O) groups is 1. The Hall–Kier alpha value is -2.21. The van der Waals surface area contributed by atoms with Gasteiger partial charge in [0.15, 0.2) is 11.5 Å². The summed E-state index contributed by atoms with van der Waals surface area (Å²) >= 11 is 6.36. The fraction of sp³-hybridized carbons (Fsp3) is 0.500. The van der Waals surface area contributed by atoms with Gasteiger partial charge in [-0.25, -0.2) is 4.68 Å². The average molecular weight is 392 g/mol. The van der Waals surface area contributed by atoms with Gasteiger partial charge in [0, 0.05) is 11.6 Å². The van der Waals surface area contributed by atoms with E-state index in [-0.39, 0.29) is 11.9 Å². The monoisotopic (exact) mass is 391 g/mol. The van der Waals surface area contributed by atoms with Crippen LogP contribution in [0.5, 0.6) is 11.5 Å². The molecule has 146 valence electrons. The van der Waals surface area contributed by atoms with Crippen LogP contribution in [-0.2, 0) is 0 Å². The maximum atomic E-state index is 12.8. The number of rotatable bonds is 9. The highest BCUT2D eigenvalue weighted by atomic mass is 35.5. The standard InChI is InChI=1S/C20H26ClN3O3/c1-4-10-27-19-16(21)11-15(12-17(19)26-5-2)20(25)23-18-8-9-22-24(18)13(3)14-6-7-14/h8-9,11-14H,4-7,10H2,1-3H3,(H,23,25). The van der Waals surface area contributed by atoms with Gasteiger partial charge < -0.3 is 14.8 Å². The summed E-state index contributed by atoms with van der Waals surface area (Å²) in [6.07, 6.45) is 4.98. The summed E-state index contributed by atoms with van der Waals surface area (Å²) in [7, 11) is 0. The zero-order valence-corrected chi connectivity index (χ0v) is 16.8. The van der Waals surface area contributed by atoms with Gasteiger partial charge in [0.05, 0.1) is 30.5 Å². The van der Waals surface area contributed by atoms with Crippen LogP contribution in [0, 0.1) is 5.92 Å². The number of benzene rings is 1. The third kappa shape index (κ3) is 4.56. The number of nitrogens with zero attached hydrogens (tertiary/aromatic N) is 2. The largest absolute Gasteiger partial charge is 0.490 e. The molecule has 0 radical (unpaired) electrons. The lowest BCUT2D eigenvalue weighted by Crippen LogP contribution is -2.18. The zero-order valence-electron chi connectivity index (χ0n) is 16.0. The number of hydrogen-bond acceptors (Lipinski definition) is 4. The highest BCUT2D eigenvalue weighted by molar-refractivity contribution is 6.32. The Labute approximate surface area is 164 Å². The first-order chi connectivity index (χ1) is 13.0. The number of nitrogens with one attached hydrogen (secondary N) is 1. The summed E-state index contributed by atoms with van der Waals surface area (Å²) in [5.74, 6) is 2.01. The number of carbonyl (C=O) groups excluding carboxylic acids is 1. The molecule has 1 unspecified atom stereocenters. The normalized spacial score (nSPS) is 14.7. The van der Waals surface area contributed by atoms with Crippen LogP contribution in [0.1, 0.15) is 56.4 Å². The van der Waals surface area contributed by atoms with Crippen LogP contribution in [0.25, 0.3) is 0 Å². The molecule has 2 aromatic rings. The lowest BCUT2D eigenvalue weighted by Gasteiger charge is -2.17. The third-order valence-electron chi connectivity index (χ3n) is 4.62. The summed E-state index contributed by atoms with van der Waals surface area (Å²) in [5.41, 5.74) is 0.416. The molecule has 0 bridgehead atoms. The molecule has 1 aliphatic rings. The van der Waals surface area contributed by atoms with Gasteiger partial charge >= 0.3 is 0 Å². The van der Waals surface area contributed by atoms with Gasteiger partial charge in [0.2, 0.25) is 0 Å². The SMILES string of the molecule is CCCOc1c(Cl)cc(C(=O)Nc2ccnn2C(C)C2CC2)cc1OCC. The van der Waals surface area contributed by atoms with Crippen molar-refractivity contribution in [3.05, 3.63) is 35.0 Å². The molecule has 7 heteroatoms. The van der Waals surface area contributed by atoms with Gasteiger partial charge in [-0.05, 0) is 51.2 Å². The van der Waals surface area contributed by atoms with Crippen molar-refractivity contribution in [3.63, 3.8) is 0 Å². The predicted molar refractivity (Wildman–Crippen MR) is 106 cm³/mol. The Bertz CT molecular complexity index is 802. The van der Waals surface area contributed by atoms with E-state index in [0.717, 1.165) is 6.42 Å². The van der Waals surface area contributed by atoms with Crippen molar-refractivity contribution >= 4 is 23.3 Å². The van der Waals surface area contributed by atoms with E-state index < -0.39 is 0 Å². The van der Waals surface area contributed by atoms with Crippen LogP contribution in [-0.4, -0.2) is 28.9 Å². The number of hydrogen-bond donors (Lipinski definition) is 1. The van der Waals surface area contributed by atoms with Gasteiger partial charge in [-0.1, -0.05) is 18.5 Å². The van der Waals surface area contributed by atoms with E-state index in [1.807, 2.05) is 18.5 Å². The minimum atomic E-state index is -0.260. The number of amides is 1. The lowest BCUT2D eigenvalue weighted by molar-refractivity contribution is 0.102. The van der Waals surface area contributed by atoms with Crippen molar-refractivity contribution in [2.75, 3.05) is 18.5 Å². The highest BCUT2D eigenvalue weighted by Crippen LogP contribution is 2.40. The molecule has 1 fully saturated rings. The second-order valence-corrected chi connectivity index (χ2v) is 7.17. The van der Waals surface area contributed by atoms with Crippen molar-refractivity contribution in [3.8, 4) is 11.5 Å². The Morgan fingerprint density at radius 1 is 1.37 bits per heavy atom. The van der Waals surface area contributed by atoms with Crippen molar-refractivity contribution in [2.45, 2.75) is 46.1 Å². The summed E-state index contributed by atoms with van der Waals surface area (Å²) in [4.78, 5) is 12.8. The van der Waals surface area contributed by atoms with Crippen LogP contribution in [0.15, 0.2) is 24.4 Å². The molecule has 0 aliphatic heterocycles. The average Bonchev–Trinajstić information content (AvgIpc) is 3.40. The van der Waals surface area contributed by atoms with Gasteiger partial charge in [-0.3, -0.25) is 4.79 Å². The van der Waals surface area contributed by atoms with E-state index in [4.69, 9.17) is 21.1 Å². The van der Waals surface area contributed by atoms with E-state index in [1.54, 1.807) is 24.4 Å². The number of halogens is 1. The summed E-state index contributed by atoms with van der Waals surface area (Å²) in [6.45, 7) is 7.01. The molecule has 1 aliphatic carbocycles. The van der Waals surface area contributed by atoms with Crippen LogP contribution in [0.3, 0.4) is 0 Å². The van der Waals surface area contributed by atoms with Gasteiger partial charge in [0.25, 0.3) is 5.91 Å². The molecule has 3 rings (SSSR count). The molecule has 6 nitrogen and oxygen atoms in total. The van der Waals surface area contributed by atoms with Gasteiger partial charge in [-0.2, -0.15) is 5.10 Å². The highest BCUT2D eigenvalue weighted by Gasteiger charge is 2.31. The molecule has 1 heterocycles. The van der Waals surface area contributed by atoms with Crippen LogP contribution in [0.4, 0.5) is 5.82 Å². The Balaban J connectivity index is 1.81. The van der Waals surface area contributed by atoms with Gasteiger partial charge in [0.1, 0.15) is 5.82 Å². The van der Waals surface area contributed by atoms with Crippen molar-refractivity contribution in [1.82, 2.24) is 9.78 Å². The van der Waals surface area contributed by atoms with Crippen LogP contribution in [0.2, 0.25) is 5.02 Å². The first-order valence-electron chi connectivity index (χ1n) is 9.49. The minimum absolute atomic E-state index is 0.260. The molecule has 1 amide bonds. The second kappa shape index (κ2) is 8.65. The number of aromatic nitrogens is 2. The van der Waals surface area contributed by atoms with Gasteiger partial charge in [-0.15, -0.1) is 0 Å². The molecule has 0 saturated heterocycles. The van der Waals surface area contributed by atoms with Crippen molar-refractivity contribution in [2.24, 2.45) is 5.92 Å². The molecular formula is C20H26ClN3O3. The molecule has 27 heavy (non-hydrogen) atoms. The molecular weight excluding hydrogens is 366 g/mol. The minimum Gasteiger partial charge on any atom is -0.490 e. The van der Waals surface area contributed by atoms with E-state index in [0.29, 0.717) is 47.0 Å². The summed E-state index contributed by atoms with van der Waals surface area (Å²) in [5, 5.41) is 7.66. The quantitative estimate of drug-likeness (QED) is 0.657. The van der Waals surface area contributed by atoms with Crippen LogP contribution >= 0.6 is 11.6 Å². The Morgan fingerprint density at radius 3 is 2.81 bits per heavy atom. The van der Waals surface area contributed by atoms with E-state index in [2.05, 4.69) is 17.3 Å².